The second-order valence-electron chi connectivity index (χ2n) is 5.07. The van der Waals surface area contributed by atoms with Crippen LogP contribution in [0.5, 0.6) is 0 Å². The molecule has 106 valence electrons. The van der Waals surface area contributed by atoms with Gasteiger partial charge in [0.1, 0.15) is 4.90 Å². The predicted molar refractivity (Wildman–Crippen MR) is 68.9 cm³/mol. The molecule has 0 aliphatic carbocycles. The van der Waals surface area contributed by atoms with Gasteiger partial charge in [0.05, 0.1) is 18.2 Å². The molecule has 3 unspecified atom stereocenters. The normalized spacial score (nSPS) is 30.1. The Morgan fingerprint density at radius 3 is 2.89 bits per heavy atom. The maximum Gasteiger partial charge on any atom is 0.246 e. The molecule has 7 nitrogen and oxygen atoms in total. The highest BCUT2D eigenvalue weighted by molar-refractivity contribution is 7.89. The third kappa shape index (κ3) is 2.24. The SMILES string of the molecule is CCn1cc(S(=O)(=O)NC2CC3CCC2O3)c(N)n1. The molecular formula is C11H18N4O3S. The van der Waals surface area contributed by atoms with Crippen molar-refractivity contribution in [2.24, 2.45) is 0 Å². The molecule has 0 amide bonds. The number of nitrogens with one attached hydrogen (secondary N) is 1. The first-order valence-corrected chi connectivity index (χ1v) is 7.98. The number of aryl methyl sites for hydroxylation is 1. The Morgan fingerprint density at radius 1 is 1.58 bits per heavy atom. The highest BCUT2D eigenvalue weighted by Gasteiger charge is 2.43. The lowest BCUT2D eigenvalue weighted by molar-refractivity contribution is 0.0996. The van der Waals surface area contributed by atoms with Crippen LogP contribution in [-0.4, -0.2) is 36.4 Å². The maximum absolute atomic E-state index is 12.3. The van der Waals surface area contributed by atoms with Crippen LogP contribution in [0.15, 0.2) is 11.1 Å². The van der Waals surface area contributed by atoms with Gasteiger partial charge in [0.15, 0.2) is 5.82 Å². The second-order valence-corrected chi connectivity index (χ2v) is 6.75. The van der Waals surface area contributed by atoms with Crippen molar-refractivity contribution in [1.29, 1.82) is 0 Å². The van der Waals surface area contributed by atoms with Gasteiger partial charge in [-0.3, -0.25) is 4.68 Å². The van der Waals surface area contributed by atoms with Crippen LogP contribution in [0.4, 0.5) is 5.82 Å². The molecule has 0 aromatic carbocycles. The van der Waals surface area contributed by atoms with E-state index in [1.54, 1.807) is 0 Å². The van der Waals surface area contributed by atoms with Gasteiger partial charge in [-0.15, -0.1) is 0 Å². The molecule has 2 saturated heterocycles. The van der Waals surface area contributed by atoms with E-state index in [0.717, 1.165) is 19.3 Å². The smallest absolute Gasteiger partial charge is 0.246 e. The van der Waals surface area contributed by atoms with Crippen molar-refractivity contribution in [3.63, 3.8) is 0 Å². The van der Waals surface area contributed by atoms with Gasteiger partial charge < -0.3 is 10.5 Å². The summed E-state index contributed by atoms with van der Waals surface area (Å²) in [5.74, 6) is 0.0402. The van der Waals surface area contributed by atoms with Crippen LogP contribution in [0.1, 0.15) is 26.2 Å². The molecule has 0 saturated carbocycles. The van der Waals surface area contributed by atoms with Gasteiger partial charge in [-0.1, -0.05) is 0 Å². The van der Waals surface area contributed by atoms with Crippen LogP contribution >= 0.6 is 0 Å². The fourth-order valence-corrected chi connectivity index (χ4v) is 4.16. The molecule has 0 radical (unpaired) electrons. The van der Waals surface area contributed by atoms with E-state index in [9.17, 15) is 8.42 Å². The number of nitrogens with two attached hydrogens (primary N) is 1. The molecule has 3 heterocycles. The monoisotopic (exact) mass is 286 g/mol. The number of sulfonamides is 1. The van der Waals surface area contributed by atoms with Crippen molar-refractivity contribution >= 4 is 15.8 Å². The molecule has 2 fully saturated rings. The van der Waals surface area contributed by atoms with Gasteiger partial charge in [-0.25, -0.2) is 13.1 Å². The summed E-state index contributed by atoms with van der Waals surface area (Å²) < 4.78 is 34.5. The summed E-state index contributed by atoms with van der Waals surface area (Å²) in [4.78, 5) is 0.0529. The lowest BCUT2D eigenvalue weighted by Gasteiger charge is -2.19. The average Bonchev–Trinajstić information content (AvgIpc) is 3.02. The van der Waals surface area contributed by atoms with Crippen LogP contribution in [0.2, 0.25) is 0 Å². The van der Waals surface area contributed by atoms with E-state index in [4.69, 9.17) is 10.5 Å². The number of anilines is 1. The number of hydrogen-bond acceptors (Lipinski definition) is 5. The van der Waals surface area contributed by atoms with Gasteiger partial charge >= 0.3 is 0 Å². The summed E-state index contributed by atoms with van der Waals surface area (Å²) in [6, 6.07) is -0.145. The summed E-state index contributed by atoms with van der Waals surface area (Å²) in [6.07, 6.45) is 4.35. The number of aromatic nitrogens is 2. The number of hydrogen-bond donors (Lipinski definition) is 2. The minimum absolute atomic E-state index is 0.00206. The van der Waals surface area contributed by atoms with Crippen molar-refractivity contribution in [1.82, 2.24) is 14.5 Å². The summed E-state index contributed by atoms with van der Waals surface area (Å²) in [5.41, 5.74) is 5.67. The van der Waals surface area contributed by atoms with Crippen LogP contribution in [-0.2, 0) is 21.3 Å². The minimum Gasteiger partial charge on any atom is -0.381 e. The third-order valence-corrected chi connectivity index (χ3v) is 5.29. The molecule has 1 aromatic heterocycles. The Labute approximate surface area is 112 Å². The molecule has 3 rings (SSSR count). The van der Waals surface area contributed by atoms with Gasteiger partial charge in [-0.05, 0) is 26.2 Å². The lowest BCUT2D eigenvalue weighted by atomic mass is 9.96. The fraction of sp³-hybridized carbons (Fsp3) is 0.727. The molecule has 0 spiro atoms. The molecule has 2 aliphatic rings. The van der Waals surface area contributed by atoms with Crippen LogP contribution in [0.25, 0.3) is 0 Å². The first-order valence-electron chi connectivity index (χ1n) is 6.50. The van der Waals surface area contributed by atoms with Crippen LogP contribution in [0, 0.1) is 0 Å². The number of rotatable bonds is 4. The Hall–Kier alpha value is -1.12. The van der Waals surface area contributed by atoms with Gasteiger partial charge in [0, 0.05) is 12.7 Å². The molecule has 8 heteroatoms. The summed E-state index contributed by atoms with van der Waals surface area (Å²) in [7, 11) is -3.62. The number of ether oxygens (including phenoxy) is 1. The topological polar surface area (TPSA) is 99.2 Å². The third-order valence-electron chi connectivity index (χ3n) is 3.78. The summed E-state index contributed by atoms with van der Waals surface area (Å²) >= 11 is 0. The molecular weight excluding hydrogens is 268 g/mol. The predicted octanol–water partition coefficient (Wildman–Crippen LogP) is 0.0834. The Kier molecular flexibility index (Phi) is 3.03. The standard InChI is InChI=1S/C11H18N4O3S/c1-2-15-6-10(11(12)13-15)19(16,17)14-8-5-7-3-4-9(8)18-7/h6-9,14H,2-5H2,1H3,(H2,12,13). The molecule has 1 aromatic rings. The van der Waals surface area contributed by atoms with Crippen molar-refractivity contribution in [2.75, 3.05) is 5.73 Å². The van der Waals surface area contributed by atoms with E-state index in [1.807, 2.05) is 6.92 Å². The molecule has 19 heavy (non-hydrogen) atoms. The van der Waals surface area contributed by atoms with Crippen molar-refractivity contribution in [3.05, 3.63) is 6.20 Å². The van der Waals surface area contributed by atoms with Gasteiger partial charge in [-0.2, -0.15) is 5.10 Å². The van der Waals surface area contributed by atoms with E-state index < -0.39 is 10.0 Å². The van der Waals surface area contributed by atoms with E-state index in [-0.39, 0.29) is 29.0 Å². The van der Waals surface area contributed by atoms with Crippen LogP contribution < -0.4 is 10.5 Å². The van der Waals surface area contributed by atoms with Crippen molar-refractivity contribution in [3.8, 4) is 0 Å². The zero-order valence-corrected chi connectivity index (χ0v) is 11.6. The Balaban J connectivity index is 1.80. The average molecular weight is 286 g/mol. The van der Waals surface area contributed by atoms with Crippen molar-refractivity contribution < 1.29 is 13.2 Å². The Bertz CT molecular complexity index is 583. The van der Waals surface area contributed by atoms with Crippen LogP contribution in [0.3, 0.4) is 0 Å². The largest absolute Gasteiger partial charge is 0.381 e. The quantitative estimate of drug-likeness (QED) is 0.817. The second kappa shape index (κ2) is 4.46. The first-order chi connectivity index (χ1) is 8.99. The Morgan fingerprint density at radius 2 is 2.37 bits per heavy atom. The van der Waals surface area contributed by atoms with E-state index >= 15 is 0 Å². The lowest BCUT2D eigenvalue weighted by Crippen LogP contribution is -2.41. The van der Waals surface area contributed by atoms with Gasteiger partial charge in [0.2, 0.25) is 10.0 Å². The summed E-state index contributed by atoms with van der Waals surface area (Å²) in [5, 5.41) is 3.96. The van der Waals surface area contributed by atoms with E-state index in [1.165, 1.54) is 10.9 Å². The van der Waals surface area contributed by atoms with Gasteiger partial charge in [0.25, 0.3) is 0 Å². The number of nitrogen functional groups attached to an aromatic ring is 1. The first kappa shape index (κ1) is 12.9. The summed E-state index contributed by atoms with van der Waals surface area (Å²) in [6.45, 7) is 2.46. The zero-order chi connectivity index (χ0) is 13.6. The van der Waals surface area contributed by atoms with E-state index in [0.29, 0.717) is 6.54 Å². The van der Waals surface area contributed by atoms with E-state index in [2.05, 4.69) is 9.82 Å². The highest BCUT2D eigenvalue weighted by Crippen LogP contribution is 2.35. The molecule has 2 bridgehead atoms. The molecule has 3 N–H and O–H groups in total. The molecule has 3 atom stereocenters. The van der Waals surface area contributed by atoms with Crippen molar-refractivity contribution in [2.45, 2.75) is 55.9 Å². The number of fused-ring (bicyclic) bond motifs is 2. The zero-order valence-electron chi connectivity index (χ0n) is 10.7. The maximum atomic E-state index is 12.3. The fourth-order valence-electron chi connectivity index (χ4n) is 2.81. The highest BCUT2D eigenvalue weighted by atomic mass is 32.2. The number of nitrogens with zero attached hydrogens (tertiary/aromatic N) is 2. The minimum atomic E-state index is -3.62. The molecule has 2 aliphatic heterocycles.